The van der Waals surface area contributed by atoms with Crippen molar-refractivity contribution in [3.63, 3.8) is 0 Å². The number of hydrogen-bond donors (Lipinski definition) is 4. The first kappa shape index (κ1) is 9.28. The maximum absolute atomic E-state index is 4.54. The molecule has 0 spiro atoms. The van der Waals surface area contributed by atoms with E-state index in [1.807, 2.05) is 11.1 Å². The van der Waals surface area contributed by atoms with Crippen molar-refractivity contribution < 1.29 is 31.0 Å². The summed E-state index contributed by atoms with van der Waals surface area (Å²) in [7, 11) is 0. The third-order valence-corrected chi connectivity index (χ3v) is 0.0833. The number of hydrazine groups is 3. The quantitative estimate of drug-likeness (QED) is 0.146. The molecule has 0 atom stereocenters. The fraction of sp³-hybridized carbons (Fsp3) is 0. The van der Waals surface area contributed by atoms with Crippen LogP contribution < -0.4 is 52.3 Å². The molecule has 0 aromatic rings. The second-order valence-corrected chi connectivity index (χ2v) is 0.289. The predicted octanol–water partition coefficient (Wildman–Crippen LogP) is -5.06. The van der Waals surface area contributed by atoms with Crippen LogP contribution in [0, 0.1) is 0 Å². The van der Waals surface area contributed by atoms with Crippen molar-refractivity contribution in [1.29, 1.82) is 0 Å². The zero-order valence-corrected chi connectivity index (χ0v) is 5.15. The second kappa shape index (κ2) is 8.85. The van der Waals surface area contributed by atoms with Gasteiger partial charge in [0, 0.05) is 0 Å². The van der Waals surface area contributed by atoms with Crippen molar-refractivity contribution in [2.45, 2.75) is 0 Å². The zero-order valence-electron chi connectivity index (χ0n) is 4.15. The summed E-state index contributed by atoms with van der Waals surface area (Å²) in [5.74, 6) is 9.08. The van der Waals surface area contributed by atoms with Crippen LogP contribution in [-0.4, -0.2) is 0 Å². The Morgan fingerprint density at radius 2 is 1.40 bits per heavy atom. The van der Waals surface area contributed by atoms with E-state index < -0.39 is 0 Å². The number of nitrogens with two attached hydrogens (primary N) is 2. The van der Waals surface area contributed by atoms with Crippen LogP contribution >= 0.6 is 0 Å². The fourth-order valence-corrected chi connectivity index (χ4v) is 0. The maximum atomic E-state index is 4.54. The van der Waals surface area contributed by atoms with Crippen LogP contribution in [0.2, 0.25) is 0 Å². The molecule has 0 aliphatic heterocycles. The van der Waals surface area contributed by atoms with Crippen molar-refractivity contribution >= 4 is 0 Å². The van der Waals surface area contributed by atoms with Gasteiger partial charge in [0.2, 0.25) is 0 Å². The minimum absolute atomic E-state index is 0. The SMILES string of the molecule is NNNN.[H-].[Na+]. The topological polar surface area (TPSA) is 76.1 Å². The molecule has 6 N–H and O–H groups in total. The molecule has 4 nitrogen and oxygen atoms in total. The minimum Gasteiger partial charge on any atom is -1.00 e. The Labute approximate surface area is 54.0 Å². The van der Waals surface area contributed by atoms with Crippen LogP contribution in [-0.2, 0) is 0 Å². The van der Waals surface area contributed by atoms with Crippen molar-refractivity contribution in [2.24, 2.45) is 11.7 Å². The van der Waals surface area contributed by atoms with Crippen LogP contribution in [0.3, 0.4) is 0 Å². The molecule has 0 saturated heterocycles. The Hall–Kier alpha value is 0.840. The summed E-state index contributed by atoms with van der Waals surface area (Å²) < 4.78 is 0. The summed E-state index contributed by atoms with van der Waals surface area (Å²) in [4.78, 5) is 0. The molecule has 0 saturated carbocycles. The standard InChI is InChI=1S/H6N4.Na.H/c1-3-4-2;;/h3-4H,1-2H2;;/q;+1;-1. The van der Waals surface area contributed by atoms with Gasteiger partial charge in [-0.25, -0.2) is 0 Å². The van der Waals surface area contributed by atoms with Crippen molar-refractivity contribution in [1.82, 2.24) is 11.1 Å². The largest absolute Gasteiger partial charge is 1.00 e. The van der Waals surface area contributed by atoms with Gasteiger partial charge in [0.05, 0.1) is 0 Å². The van der Waals surface area contributed by atoms with Crippen molar-refractivity contribution in [2.75, 3.05) is 0 Å². The fourth-order valence-electron chi connectivity index (χ4n) is 0. The molecule has 0 aromatic heterocycles. The van der Waals surface area contributed by atoms with Gasteiger partial charge in [0.1, 0.15) is 0 Å². The van der Waals surface area contributed by atoms with Crippen LogP contribution in [0.1, 0.15) is 1.43 Å². The van der Waals surface area contributed by atoms with E-state index in [0.29, 0.717) is 0 Å². The number of nitrogens with one attached hydrogen (secondary N) is 2. The maximum Gasteiger partial charge on any atom is 1.00 e. The Bertz CT molecular complexity index is 9.51. The number of rotatable bonds is 1. The average molecular weight is 86.1 g/mol. The third kappa shape index (κ3) is 11.5. The molecule has 0 amide bonds. The van der Waals surface area contributed by atoms with Gasteiger partial charge in [-0.2, -0.15) is 11.1 Å². The minimum atomic E-state index is 0. The van der Waals surface area contributed by atoms with Gasteiger partial charge in [-0.1, -0.05) is 0 Å². The van der Waals surface area contributed by atoms with Crippen molar-refractivity contribution in [3.05, 3.63) is 0 Å². The van der Waals surface area contributed by atoms with Gasteiger partial charge in [-0.05, 0) is 0 Å². The van der Waals surface area contributed by atoms with E-state index in [1.165, 1.54) is 0 Å². The Morgan fingerprint density at radius 1 is 1.20 bits per heavy atom. The average Bonchev–Trinajstić information content (AvgIpc) is 1.37. The Morgan fingerprint density at radius 3 is 1.40 bits per heavy atom. The molecule has 0 fully saturated rings. The van der Waals surface area contributed by atoms with E-state index >= 15 is 0 Å². The summed E-state index contributed by atoms with van der Waals surface area (Å²) in [6.45, 7) is 0. The normalized spacial score (nSPS) is 6.00. The van der Waals surface area contributed by atoms with Gasteiger partial charge < -0.3 is 1.43 Å². The van der Waals surface area contributed by atoms with Gasteiger partial charge in [-0.15, -0.1) is 0 Å². The molecule has 0 unspecified atom stereocenters. The molecule has 0 heterocycles. The molecule has 0 rings (SSSR count). The summed E-state index contributed by atoms with van der Waals surface area (Å²) in [5, 5.41) is 0. The van der Waals surface area contributed by atoms with Gasteiger partial charge in [-0.3, -0.25) is 11.7 Å². The first-order valence-corrected chi connectivity index (χ1v) is 0.827. The molecule has 28 valence electrons. The Balaban J connectivity index is -0.0000000450. The summed E-state index contributed by atoms with van der Waals surface area (Å²) in [6.07, 6.45) is 0. The third-order valence-electron chi connectivity index (χ3n) is 0.0833. The summed E-state index contributed by atoms with van der Waals surface area (Å²) >= 11 is 0. The van der Waals surface area contributed by atoms with Crippen molar-refractivity contribution in [3.8, 4) is 0 Å². The molecular formula is H7N4Na. The van der Waals surface area contributed by atoms with Gasteiger partial charge in [0.25, 0.3) is 0 Å². The van der Waals surface area contributed by atoms with E-state index in [1.54, 1.807) is 0 Å². The molecular weight excluding hydrogens is 79.0 g/mol. The van der Waals surface area contributed by atoms with Gasteiger partial charge in [0.15, 0.2) is 0 Å². The van der Waals surface area contributed by atoms with Crippen LogP contribution in [0.15, 0.2) is 0 Å². The Kier molecular flexibility index (Phi) is 16.4. The van der Waals surface area contributed by atoms with E-state index in [-0.39, 0.29) is 31.0 Å². The second-order valence-electron chi connectivity index (χ2n) is 0.289. The molecule has 0 bridgehead atoms. The van der Waals surface area contributed by atoms with Crippen LogP contribution in [0.5, 0.6) is 0 Å². The molecule has 5 heavy (non-hydrogen) atoms. The zero-order chi connectivity index (χ0) is 3.41. The summed E-state index contributed by atoms with van der Waals surface area (Å²) in [6, 6.07) is 0. The first-order valence-electron chi connectivity index (χ1n) is 0.827. The molecule has 0 radical (unpaired) electrons. The van der Waals surface area contributed by atoms with Crippen LogP contribution in [0.25, 0.3) is 0 Å². The van der Waals surface area contributed by atoms with E-state index in [0.717, 1.165) is 0 Å². The molecule has 0 aliphatic rings. The molecule has 0 aromatic carbocycles. The van der Waals surface area contributed by atoms with Crippen LogP contribution in [0.4, 0.5) is 0 Å². The van der Waals surface area contributed by atoms with E-state index in [2.05, 4.69) is 11.7 Å². The molecule has 5 heteroatoms. The summed E-state index contributed by atoms with van der Waals surface area (Å²) in [5.41, 5.74) is 3.92. The van der Waals surface area contributed by atoms with E-state index in [4.69, 9.17) is 0 Å². The number of hydrogen-bond acceptors (Lipinski definition) is 4. The van der Waals surface area contributed by atoms with Gasteiger partial charge >= 0.3 is 29.6 Å². The molecule has 0 aliphatic carbocycles. The predicted molar refractivity (Wildman–Crippen MR) is 15.8 cm³/mol. The first-order chi connectivity index (χ1) is 1.91. The monoisotopic (exact) mass is 86.1 g/mol. The van der Waals surface area contributed by atoms with E-state index in [9.17, 15) is 0 Å². The smallest absolute Gasteiger partial charge is 1.00 e.